The van der Waals surface area contributed by atoms with Gasteiger partial charge in [-0.15, -0.1) is 16.8 Å². The predicted molar refractivity (Wildman–Crippen MR) is 131 cm³/mol. The van der Waals surface area contributed by atoms with Crippen LogP contribution in [0.1, 0.15) is 16.1 Å². The van der Waals surface area contributed by atoms with E-state index in [0.29, 0.717) is 23.5 Å². The fourth-order valence-electron chi connectivity index (χ4n) is 3.03. The molecule has 3 rings (SSSR count). The van der Waals surface area contributed by atoms with Crippen LogP contribution in [0.5, 0.6) is 17.2 Å². The molecular formula is C25H21F3N4O4S. The third kappa shape index (κ3) is 7.55. The summed E-state index contributed by atoms with van der Waals surface area (Å²) >= 11 is 0.154. The lowest BCUT2D eigenvalue weighted by Gasteiger charge is -2.13. The molecule has 0 spiro atoms. The van der Waals surface area contributed by atoms with Crippen LogP contribution in [0, 0.1) is 11.3 Å². The molecule has 0 atom stereocenters. The number of benzene rings is 2. The maximum absolute atomic E-state index is 12.7. The maximum atomic E-state index is 12.7. The van der Waals surface area contributed by atoms with Crippen LogP contribution in [-0.4, -0.2) is 36.4 Å². The summed E-state index contributed by atoms with van der Waals surface area (Å²) in [5, 5.41) is 16.2. The largest absolute Gasteiger partial charge is 0.493 e. The summed E-state index contributed by atoms with van der Waals surface area (Å²) in [5.41, 5.74) is 1.08. The number of nitrogens with zero attached hydrogens (tertiary/aromatic N) is 3. The number of nitriles is 1. The summed E-state index contributed by atoms with van der Waals surface area (Å²) in [4.78, 5) is 12.4. The standard InChI is InChI=1S/C25H21F3N4O4S/c1-3-6-17-7-4-5-8-19(17)35-11-12-36-20-10-9-16(14-21(20)34-2)13-18(15-29)22(33)30-24-32-31-23(37-24)25(26,27)28/h3-5,7-10,13-14H,1,6,11-12H2,2H3,(H,30,32,33). The van der Waals surface area contributed by atoms with E-state index in [1.165, 1.54) is 13.2 Å². The Morgan fingerprint density at radius 2 is 1.86 bits per heavy atom. The molecule has 1 aromatic heterocycles. The monoisotopic (exact) mass is 530 g/mol. The van der Waals surface area contributed by atoms with Gasteiger partial charge in [0, 0.05) is 0 Å². The van der Waals surface area contributed by atoms with Crippen molar-refractivity contribution in [1.29, 1.82) is 5.26 Å². The summed E-state index contributed by atoms with van der Waals surface area (Å²) in [6, 6.07) is 14.1. The predicted octanol–water partition coefficient (Wildman–Crippen LogP) is 5.30. The molecule has 0 aliphatic carbocycles. The van der Waals surface area contributed by atoms with Gasteiger partial charge in [-0.3, -0.25) is 10.1 Å². The maximum Gasteiger partial charge on any atom is 0.445 e. The lowest BCUT2D eigenvalue weighted by Crippen LogP contribution is -2.13. The van der Waals surface area contributed by atoms with Gasteiger partial charge in [0.15, 0.2) is 11.5 Å². The van der Waals surface area contributed by atoms with E-state index in [1.807, 2.05) is 24.3 Å². The quantitative estimate of drug-likeness (QED) is 0.155. The lowest BCUT2D eigenvalue weighted by atomic mass is 10.1. The molecule has 0 saturated heterocycles. The van der Waals surface area contributed by atoms with E-state index in [-0.39, 0.29) is 35.3 Å². The second kappa shape index (κ2) is 12.5. The number of halogens is 3. The van der Waals surface area contributed by atoms with Gasteiger partial charge in [0.05, 0.1) is 7.11 Å². The number of carbonyl (C=O) groups is 1. The van der Waals surface area contributed by atoms with Gasteiger partial charge in [-0.05, 0) is 41.8 Å². The Kier molecular flexibility index (Phi) is 9.23. The Hall–Kier alpha value is -4.37. The van der Waals surface area contributed by atoms with E-state index in [9.17, 15) is 23.2 Å². The molecule has 8 nitrogen and oxygen atoms in total. The third-order valence-corrected chi connectivity index (χ3v) is 5.57. The molecule has 0 fully saturated rings. The zero-order valence-electron chi connectivity index (χ0n) is 19.5. The topological polar surface area (TPSA) is 106 Å². The number of amides is 1. The van der Waals surface area contributed by atoms with Gasteiger partial charge in [0.1, 0.15) is 30.6 Å². The van der Waals surface area contributed by atoms with Crippen molar-refractivity contribution in [3.05, 3.63) is 76.8 Å². The SMILES string of the molecule is C=CCc1ccccc1OCCOc1ccc(C=C(C#N)C(=O)Nc2nnc(C(F)(F)F)s2)cc1OC. The molecule has 2 aromatic carbocycles. The summed E-state index contributed by atoms with van der Waals surface area (Å²) in [6.45, 7) is 4.24. The van der Waals surface area contributed by atoms with E-state index in [1.54, 1.807) is 30.3 Å². The van der Waals surface area contributed by atoms with Crippen LogP contribution in [0.4, 0.5) is 18.3 Å². The van der Waals surface area contributed by atoms with Crippen LogP contribution in [0.15, 0.2) is 60.7 Å². The van der Waals surface area contributed by atoms with Crippen LogP contribution in [0.2, 0.25) is 0 Å². The molecule has 0 aliphatic rings. The fraction of sp³-hybridized carbons (Fsp3) is 0.200. The minimum atomic E-state index is -4.68. The van der Waals surface area contributed by atoms with Crippen LogP contribution >= 0.6 is 11.3 Å². The highest BCUT2D eigenvalue weighted by Crippen LogP contribution is 2.33. The van der Waals surface area contributed by atoms with Crippen molar-refractivity contribution in [2.24, 2.45) is 0 Å². The highest BCUT2D eigenvalue weighted by molar-refractivity contribution is 7.15. The molecule has 0 aliphatic heterocycles. The number of hydrogen-bond acceptors (Lipinski definition) is 8. The number of anilines is 1. The van der Waals surface area contributed by atoms with Crippen LogP contribution in [-0.2, 0) is 17.4 Å². The lowest BCUT2D eigenvalue weighted by molar-refractivity contribution is -0.138. The van der Waals surface area contributed by atoms with Crippen molar-refractivity contribution in [3.63, 3.8) is 0 Å². The Balaban J connectivity index is 1.63. The number of nitrogens with one attached hydrogen (secondary N) is 1. The normalized spacial score (nSPS) is 11.4. The van der Waals surface area contributed by atoms with Gasteiger partial charge in [-0.25, -0.2) is 0 Å². The minimum absolute atomic E-state index is 0.154. The van der Waals surface area contributed by atoms with Gasteiger partial charge >= 0.3 is 6.18 Å². The number of aromatic nitrogens is 2. The third-order valence-electron chi connectivity index (χ3n) is 4.69. The summed E-state index contributed by atoms with van der Waals surface area (Å²) in [5.74, 6) is 0.570. The molecule has 0 bridgehead atoms. The second-order valence-corrected chi connectivity index (χ2v) is 8.22. The van der Waals surface area contributed by atoms with Crippen LogP contribution in [0.25, 0.3) is 6.08 Å². The zero-order valence-corrected chi connectivity index (χ0v) is 20.4. The molecule has 0 unspecified atom stereocenters. The Labute approximate surface area is 214 Å². The summed E-state index contributed by atoms with van der Waals surface area (Å²) in [6.07, 6.45) is -0.956. The van der Waals surface area contributed by atoms with E-state index in [4.69, 9.17) is 14.2 Å². The average Bonchev–Trinajstić information content (AvgIpc) is 3.35. The van der Waals surface area contributed by atoms with E-state index in [2.05, 4.69) is 22.1 Å². The van der Waals surface area contributed by atoms with E-state index < -0.39 is 17.1 Å². The molecule has 37 heavy (non-hydrogen) atoms. The minimum Gasteiger partial charge on any atom is -0.493 e. The average molecular weight is 531 g/mol. The number of methoxy groups -OCH3 is 1. The van der Waals surface area contributed by atoms with Gasteiger partial charge in [-0.1, -0.05) is 41.7 Å². The first-order valence-electron chi connectivity index (χ1n) is 10.7. The molecule has 1 amide bonds. The Morgan fingerprint density at radius 1 is 1.14 bits per heavy atom. The van der Waals surface area contributed by atoms with Crippen molar-refractivity contribution in [1.82, 2.24) is 10.2 Å². The first-order valence-corrected chi connectivity index (χ1v) is 11.5. The zero-order chi connectivity index (χ0) is 26.8. The number of allylic oxidation sites excluding steroid dienone is 1. The van der Waals surface area contributed by atoms with E-state index >= 15 is 0 Å². The number of carbonyl (C=O) groups excluding carboxylic acids is 1. The van der Waals surface area contributed by atoms with Crippen molar-refractivity contribution in [2.75, 3.05) is 25.6 Å². The molecule has 0 saturated carbocycles. The Morgan fingerprint density at radius 3 is 2.51 bits per heavy atom. The number of ether oxygens (including phenoxy) is 3. The van der Waals surface area contributed by atoms with Crippen molar-refractivity contribution >= 4 is 28.5 Å². The number of rotatable bonds is 11. The molecule has 3 aromatic rings. The van der Waals surface area contributed by atoms with Gasteiger partial charge in [-0.2, -0.15) is 18.4 Å². The van der Waals surface area contributed by atoms with E-state index in [0.717, 1.165) is 11.3 Å². The van der Waals surface area contributed by atoms with Crippen molar-refractivity contribution < 1.29 is 32.2 Å². The molecular weight excluding hydrogens is 509 g/mol. The highest BCUT2D eigenvalue weighted by Gasteiger charge is 2.35. The smallest absolute Gasteiger partial charge is 0.445 e. The number of alkyl halides is 3. The first kappa shape index (κ1) is 27.2. The Bertz CT molecular complexity index is 1330. The van der Waals surface area contributed by atoms with Gasteiger partial charge in [0.25, 0.3) is 5.91 Å². The number of hydrogen-bond donors (Lipinski definition) is 1. The molecule has 12 heteroatoms. The first-order chi connectivity index (χ1) is 17.7. The van der Waals surface area contributed by atoms with Gasteiger partial charge in [0.2, 0.25) is 10.1 Å². The molecule has 192 valence electrons. The second-order valence-electron chi connectivity index (χ2n) is 7.24. The van der Waals surface area contributed by atoms with Crippen molar-refractivity contribution in [3.8, 4) is 23.3 Å². The number of para-hydroxylation sites is 1. The van der Waals surface area contributed by atoms with Gasteiger partial charge < -0.3 is 14.2 Å². The summed E-state index contributed by atoms with van der Waals surface area (Å²) in [7, 11) is 1.43. The molecule has 1 heterocycles. The molecule has 0 radical (unpaired) electrons. The summed E-state index contributed by atoms with van der Waals surface area (Å²) < 4.78 is 54.9. The fourth-order valence-corrected chi connectivity index (χ4v) is 3.64. The van der Waals surface area contributed by atoms with Crippen LogP contribution < -0.4 is 19.5 Å². The van der Waals surface area contributed by atoms with Crippen LogP contribution in [0.3, 0.4) is 0 Å². The molecule has 1 N–H and O–H groups in total. The van der Waals surface area contributed by atoms with Crippen molar-refractivity contribution in [2.45, 2.75) is 12.6 Å². The highest BCUT2D eigenvalue weighted by atomic mass is 32.1.